The summed E-state index contributed by atoms with van der Waals surface area (Å²) in [6.45, 7) is 4.17. The molecule has 1 saturated heterocycles. The number of likely N-dealkylation sites (tertiary alicyclic amines) is 1. The SMILES string of the molecule is CCOC(=O)C1CCN(C[C@@H](O)COc2ccccc2F)CC1. The van der Waals surface area contributed by atoms with E-state index >= 15 is 0 Å². The Morgan fingerprint density at radius 3 is 2.74 bits per heavy atom. The maximum Gasteiger partial charge on any atom is 0.309 e. The Labute approximate surface area is 136 Å². The Hall–Kier alpha value is -1.66. The Balaban J connectivity index is 1.69. The number of aliphatic hydroxyl groups is 1. The fourth-order valence-electron chi connectivity index (χ4n) is 2.71. The van der Waals surface area contributed by atoms with Gasteiger partial charge in [0.15, 0.2) is 11.6 Å². The molecule has 128 valence electrons. The summed E-state index contributed by atoms with van der Waals surface area (Å²) in [5.41, 5.74) is 0. The van der Waals surface area contributed by atoms with Crippen LogP contribution >= 0.6 is 0 Å². The Kier molecular flexibility index (Phi) is 6.80. The summed E-state index contributed by atoms with van der Waals surface area (Å²) >= 11 is 0. The van der Waals surface area contributed by atoms with Crippen molar-refractivity contribution < 1.29 is 23.8 Å². The second-order valence-electron chi connectivity index (χ2n) is 5.72. The molecule has 0 aliphatic carbocycles. The fraction of sp³-hybridized carbons (Fsp3) is 0.588. The molecule has 6 heteroatoms. The lowest BCUT2D eigenvalue weighted by atomic mass is 9.97. The molecule has 1 aliphatic heterocycles. The van der Waals surface area contributed by atoms with Crippen molar-refractivity contribution in [3.05, 3.63) is 30.1 Å². The number of para-hydroxylation sites is 1. The molecule has 0 bridgehead atoms. The molecule has 0 radical (unpaired) electrons. The van der Waals surface area contributed by atoms with E-state index in [-0.39, 0.29) is 24.2 Å². The number of hydrogen-bond acceptors (Lipinski definition) is 5. The molecule has 1 N–H and O–H groups in total. The quantitative estimate of drug-likeness (QED) is 0.775. The van der Waals surface area contributed by atoms with Crippen LogP contribution in [0.1, 0.15) is 19.8 Å². The highest BCUT2D eigenvalue weighted by Crippen LogP contribution is 2.19. The highest BCUT2D eigenvalue weighted by molar-refractivity contribution is 5.72. The first kappa shape index (κ1) is 17.7. The maximum atomic E-state index is 13.4. The summed E-state index contributed by atoms with van der Waals surface area (Å²) in [6.07, 6.45) is 0.771. The molecule has 0 amide bonds. The van der Waals surface area contributed by atoms with Crippen molar-refractivity contribution in [2.45, 2.75) is 25.9 Å². The normalized spacial score (nSPS) is 17.7. The van der Waals surface area contributed by atoms with Crippen molar-refractivity contribution in [2.24, 2.45) is 5.92 Å². The molecule has 1 heterocycles. The van der Waals surface area contributed by atoms with E-state index in [0.29, 0.717) is 13.2 Å². The number of carbonyl (C=O) groups excluding carboxylic acids is 1. The van der Waals surface area contributed by atoms with E-state index in [1.165, 1.54) is 12.1 Å². The maximum absolute atomic E-state index is 13.4. The molecule has 0 unspecified atom stereocenters. The summed E-state index contributed by atoms with van der Waals surface area (Å²) in [7, 11) is 0. The zero-order valence-electron chi connectivity index (χ0n) is 13.4. The lowest BCUT2D eigenvalue weighted by molar-refractivity contribution is -0.149. The summed E-state index contributed by atoms with van der Waals surface area (Å²) in [4.78, 5) is 13.8. The van der Waals surface area contributed by atoms with Crippen LogP contribution in [0, 0.1) is 11.7 Å². The van der Waals surface area contributed by atoms with Crippen molar-refractivity contribution in [3.63, 3.8) is 0 Å². The number of rotatable bonds is 7. The third kappa shape index (κ3) is 5.48. The molecule has 1 aromatic rings. The van der Waals surface area contributed by atoms with E-state index < -0.39 is 11.9 Å². The lowest BCUT2D eigenvalue weighted by Crippen LogP contribution is -2.42. The number of nitrogens with zero attached hydrogens (tertiary/aromatic N) is 1. The largest absolute Gasteiger partial charge is 0.488 e. The molecule has 1 atom stereocenters. The predicted molar refractivity (Wildman–Crippen MR) is 83.7 cm³/mol. The number of benzene rings is 1. The molecule has 1 aromatic carbocycles. The van der Waals surface area contributed by atoms with Crippen LogP contribution in [0.15, 0.2) is 24.3 Å². The van der Waals surface area contributed by atoms with Gasteiger partial charge in [-0.3, -0.25) is 4.79 Å². The minimum absolute atomic E-state index is 0.0404. The topological polar surface area (TPSA) is 59.0 Å². The van der Waals surface area contributed by atoms with Crippen LogP contribution in [-0.2, 0) is 9.53 Å². The summed E-state index contributed by atoms with van der Waals surface area (Å²) in [5, 5.41) is 10.0. The van der Waals surface area contributed by atoms with E-state index in [0.717, 1.165) is 25.9 Å². The van der Waals surface area contributed by atoms with Crippen molar-refractivity contribution in [1.29, 1.82) is 0 Å². The monoisotopic (exact) mass is 325 g/mol. The number of β-amino-alcohol motifs (C(OH)–C–C–N with tert-alkyl or cyclic N) is 1. The summed E-state index contributed by atoms with van der Waals surface area (Å²) in [5.74, 6) is -0.462. The standard InChI is InChI=1S/C17H24FNO4/c1-2-22-17(21)13-7-9-19(10-8-13)11-14(20)12-23-16-6-4-3-5-15(16)18/h3-6,13-14,20H,2,7-12H2,1H3/t14-/m1/s1. The van der Waals surface area contributed by atoms with Gasteiger partial charge in [0.25, 0.3) is 0 Å². The zero-order chi connectivity index (χ0) is 16.7. The Morgan fingerprint density at radius 1 is 1.39 bits per heavy atom. The first-order valence-electron chi connectivity index (χ1n) is 8.04. The molecule has 0 aromatic heterocycles. The van der Waals surface area contributed by atoms with Crippen molar-refractivity contribution >= 4 is 5.97 Å². The van der Waals surface area contributed by atoms with E-state index in [2.05, 4.69) is 4.90 Å². The van der Waals surface area contributed by atoms with Crippen LogP contribution in [-0.4, -0.2) is 54.9 Å². The van der Waals surface area contributed by atoms with Gasteiger partial charge in [0.05, 0.1) is 12.5 Å². The average Bonchev–Trinajstić information content (AvgIpc) is 2.55. The second-order valence-corrected chi connectivity index (χ2v) is 5.72. The number of ether oxygens (including phenoxy) is 2. The van der Waals surface area contributed by atoms with Gasteiger partial charge in [-0.15, -0.1) is 0 Å². The van der Waals surface area contributed by atoms with Gasteiger partial charge in [-0.2, -0.15) is 0 Å². The second kappa shape index (κ2) is 8.84. The van der Waals surface area contributed by atoms with Gasteiger partial charge in [0.2, 0.25) is 0 Å². The molecular weight excluding hydrogens is 301 g/mol. The number of hydrogen-bond donors (Lipinski definition) is 1. The number of piperidine rings is 1. The van der Waals surface area contributed by atoms with Gasteiger partial charge >= 0.3 is 5.97 Å². The van der Waals surface area contributed by atoms with E-state index in [1.807, 2.05) is 0 Å². The molecule has 0 saturated carbocycles. The molecule has 23 heavy (non-hydrogen) atoms. The van der Waals surface area contributed by atoms with Gasteiger partial charge in [-0.25, -0.2) is 4.39 Å². The molecule has 1 fully saturated rings. The number of carbonyl (C=O) groups is 1. The average molecular weight is 325 g/mol. The highest BCUT2D eigenvalue weighted by Gasteiger charge is 2.26. The Morgan fingerprint density at radius 2 is 2.09 bits per heavy atom. The first-order chi connectivity index (χ1) is 11.1. The van der Waals surface area contributed by atoms with Gasteiger partial charge in [-0.1, -0.05) is 12.1 Å². The minimum Gasteiger partial charge on any atom is -0.488 e. The van der Waals surface area contributed by atoms with E-state index in [9.17, 15) is 14.3 Å². The minimum atomic E-state index is -0.700. The van der Waals surface area contributed by atoms with Gasteiger partial charge in [0, 0.05) is 6.54 Å². The predicted octanol–water partition coefficient (Wildman–Crippen LogP) is 1.84. The molecular formula is C17H24FNO4. The van der Waals surface area contributed by atoms with Crippen molar-refractivity contribution in [2.75, 3.05) is 32.8 Å². The number of halogens is 1. The third-order valence-corrected chi connectivity index (χ3v) is 3.94. The lowest BCUT2D eigenvalue weighted by Gasteiger charge is -2.32. The molecule has 5 nitrogen and oxygen atoms in total. The molecule has 0 spiro atoms. The summed E-state index contributed by atoms with van der Waals surface area (Å²) in [6, 6.07) is 6.13. The highest BCUT2D eigenvalue weighted by atomic mass is 19.1. The molecule has 1 aliphatic rings. The smallest absolute Gasteiger partial charge is 0.309 e. The third-order valence-electron chi connectivity index (χ3n) is 3.94. The number of esters is 1. The van der Waals surface area contributed by atoms with Gasteiger partial charge in [-0.05, 0) is 45.0 Å². The van der Waals surface area contributed by atoms with Gasteiger partial charge < -0.3 is 19.5 Å². The van der Waals surface area contributed by atoms with Crippen molar-refractivity contribution in [3.8, 4) is 5.75 Å². The van der Waals surface area contributed by atoms with Crippen LogP contribution in [0.25, 0.3) is 0 Å². The van der Waals surface area contributed by atoms with Gasteiger partial charge in [0.1, 0.15) is 12.7 Å². The van der Waals surface area contributed by atoms with Crippen molar-refractivity contribution in [1.82, 2.24) is 4.90 Å². The van der Waals surface area contributed by atoms with E-state index in [4.69, 9.17) is 9.47 Å². The zero-order valence-corrected chi connectivity index (χ0v) is 13.4. The molecule has 2 rings (SSSR count). The summed E-state index contributed by atoms with van der Waals surface area (Å²) < 4.78 is 23.8. The number of aliphatic hydroxyl groups excluding tert-OH is 1. The van der Waals surface area contributed by atoms with Crippen LogP contribution in [0.5, 0.6) is 5.75 Å². The van der Waals surface area contributed by atoms with Crippen LogP contribution < -0.4 is 4.74 Å². The Bertz CT molecular complexity index is 503. The fourth-order valence-corrected chi connectivity index (χ4v) is 2.71. The first-order valence-corrected chi connectivity index (χ1v) is 8.04. The van der Waals surface area contributed by atoms with Crippen LogP contribution in [0.4, 0.5) is 4.39 Å². The van der Waals surface area contributed by atoms with Crippen LogP contribution in [0.2, 0.25) is 0 Å². The van der Waals surface area contributed by atoms with Crippen LogP contribution in [0.3, 0.4) is 0 Å². The van der Waals surface area contributed by atoms with E-state index in [1.54, 1.807) is 19.1 Å².